The molecule has 1 aromatic rings. The molecule has 1 aromatic heterocycles. The topological polar surface area (TPSA) is 518 Å². The fourth-order valence-corrected chi connectivity index (χ4v) is 12.4. The molecule has 8 amide bonds. The lowest BCUT2D eigenvalue weighted by molar-refractivity contribution is -0.222. The maximum Gasteiger partial charge on any atom is 0.407 e. The van der Waals surface area contributed by atoms with Gasteiger partial charge in [-0.15, -0.1) is 5.10 Å². The van der Waals surface area contributed by atoms with E-state index in [-0.39, 0.29) is 46.0 Å². The molecule has 0 aromatic carbocycles. The Labute approximate surface area is 775 Å². The molecule has 1 fully saturated rings. The summed E-state index contributed by atoms with van der Waals surface area (Å²) in [6.45, 7) is 28.1. The number of aliphatic hydroxyl groups excluding tert-OH is 3. The smallest absolute Gasteiger partial charge is 0.407 e. The normalized spacial score (nSPS) is 15.7. The van der Waals surface area contributed by atoms with E-state index < -0.39 is 182 Å². The van der Waals surface area contributed by atoms with Crippen molar-refractivity contribution in [2.24, 2.45) is 22.2 Å². The van der Waals surface area contributed by atoms with Crippen LogP contribution < -0.4 is 42.5 Å². The van der Waals surface area contributed by atoms with Crippen molar-refractivity contribution in [3.63, 3.8) is 0 Å². The van der Waals surface area contributed by atoms with Crippen LogP contribution in [0.4, 0.5) is 38.4 Å². The number of ether oxygens (including phenoxy) is 14. The summed E-state index contributed by atoms with van der Waals surface area (Å²) in [5.74, 6) is -3.99. The number of aliphatic hydroxyl groups is 3. The van der Waals surface area contributed by atoms with Gasteiger partial charge in [0.05, 0.1) is 38.7 Å². The lowest BCUT2D eigenvalue weighted by atomic mass is 9.90. The molecule has 11 N–H and O–H groups in total. The number of carbonyl (C=O) groups is 11. The first-order valence-corrected chi connectivity index (χ1v) is 45.9. The number of hydrogen-bond acceptors (Lipinski definition) is 34. The highest BCUT2D eigenvalue weighted by atomic mass is 16.7. The molecule has 2 rings (SSSR count). The van der Waals surface area contributed by atoms with Crippen LogP contribution in [-0.4, -0.2) is 363 Å². The largest absolute Gasteiger partial charge is 0.465 e. The van der Waals surface area contributed by atoms with Gasteiger partial charge in [-0.2, -0.15) is 0 Å². The molecule has 0 spiro atoms. The van der Waals surface area contributed by atoms with Gasteiger partial charge >= 0.3 is 66.7 Å². The Bertz CT molecular complexity index is 3170. The number of unbranched alkanes of at least 4 members (excludes halogenated alkanes) is 7. The minimum absolute atomic E-state index is 0.0871. The zero-order valence-electron chi connectivity index (χ0n) is 82.0. The predicted molar refractivity (Wildman–Crippen MR) is 483 cm³/mol. The summed E-state index contributed by atoms with van der Waals surface area (Å²) in [7, 11) is 9.06. The van der Waals surface area contributed by atoms with Crippen LogP contribution in [-0.2, 0) is 93.9 Å². The number of nitrogens with zero attached hydrogens (tertiary/aromatic N) is 7. The molecular formula is C88H163N15O28. The van der Waals surface area contributed by atoms with Gasteiger partial charge in [-0.25, -0.2) is 38.4 Å². The van der Waals surface area contributed by atoms with E-state index in [1.807, 2.05) is 28.2 Å². The van der Waals surface area contributed by atoms with E-state index in [4.69, 9.17) is 66.3 Å². The Morgan fingerprint density at radius 2 is 0.679 bits per heavy atom. The fourth-order valence-electron chi connectivity index (χ4n) is 12.4. The average molecular weight is 1880 g/mol. The molecule has 43 nitrogen and oxygen atoms in total. The van der Waals surface area contributed by atoms with Crippen LogP contribution in [0.3, 0.4) is 0 Å². The first-order chi connectivity index (χ1) is 61.5. The molecule has 0 bridgehead atoms. The summed E-state index contributed by atoms with van der Waals surface area (Å²) in [5, 5.41) is 61.1. The molecule has 1 saturated heterocycles. The zero-order valence-corrected chi connectivity index (χ0v) is 82.0. The molecule has 4 unspecified atom stereocenters. The number of aryl methyl sites for hydroxylation is 1. The van der Waals surface area contributed by atoms with Gasteiger partial charge in [0.1, 0.15) is 96.2 Å². The minimum atomic E-state index is -2.05. The van der Waals surface area contributed by atoms with Crippen molar-refractivity contribution in [3.05, 3.63) is 11.9 Å². The Kier molecular flexibility index (Phi) is 56.7. The summed E-state index contributed by atoms with van der Waals surface area (Å²) >= 11 is 0. The second-order valence-electron chi connectivity index (χ2n) is 38.2. The lowest BCUT2D eigenvalue weighted by Crippen LogP contribution is -2.47. The van der Waals surface area contributed by atoms with Gasteiger partial charge in [-0.1, -0.05) is 11.6 Å². The van der Waals surface area contributed by atoms with E-state index >= 15 is 0 Å². The number of carbonyl (C=O) groups excluding carboxylic acids is 11. The van der Waals surface area contributed by atoms with Crippen molar-refractivity contribution in [2.75, 3.05) is 199 Å². The number of rotatable bonds is 63. The van der Waals surface area contributed by atoms with Crippen molar-refractivity contribution in [2.45, 2.75) is 267 Å². The van der Waals surface area contributed by atoms with E-state index in [0.717, 1.165) is 0 Å². The molecule has 1 aliphatic heterocycles. The monoisotopic (exact) mass is 1880 g/mol. The second-order valence-corrected chi connectivity index (χ2v) is 38.2. The van der Waals surface area contributed by atoms with Gasteiger partial charge in [0.2, 0.25) is 0 Å². The quantitative estimate of drug-likeness (QED) is 0.0176. The number of amides is 8. The summed E-state index contributed by atoms with van der Waals surface area (Å²) in [6, 6.07) is 0. The molecular weight excluding hydrogens is 1720 g/mol. The summed E-state index contributed by atoms with van der Waals surface area (Å²) in [6.07, 6.45) is 0.643. The van der Waals surface area contributed by atoms with E-state index in [9.17, 15) is 68.1 Å². The highest BCUT2D eigenvalue weighted by molar-refractivity contribution is 5.82. The van der Waals surface area contributed by atoms with Gasteiger partial charge in [-0.3, -0.25) is 19.1 Å². The molecule has 0 aliphatic carbocycles. The zero-order chi connectivity index (χ0) is 98.3. The van der Waals surface area contributed by atoms with Crippen LogP contribution in [0.15, 0.2) is 6.20 Å². The molecule has 43 heteroatoms. The Balaban J connectivity index is 2.45. The SMILES string of the molecule is COC1C(OCc2cn(CCCCCCOC(=O)C(C)(COC(=O)C(C)(COC(=O)NCCCCN(C)CCCNC(=O)OC(C)(C)C)COC(=O)NCCCCN(C)CCCNC(=O)OC(C)(C)C)COC(=O)C(C)(COC(=O)NCCCCN(C)CCCNC(=O)OC(C)(C)C)COC(=O)NCCCCN(C)CCCNC(=O)OC(C)(C)C)nn2)OCC(CO)[C@@H](O)C1O. The van der Waals surface area contributed by atoms with Crippen molar-refractivity contribution in [3.8, 4) is 0 Å². The Morgan fingerprint density at radius 3 is 0.992 bits per heavy atom. The van der Waals surface area contributed by atoms with Gasteiger partial charge < -0.3 is 144 Å². The second kappa shape index (κ2) is 62.7. The van der Waals surface area contributed by atoms with Crippen LogP contribution >= 0.6 is 0 Å². The number of esters is 3. The van der Waals surface area contributed by atoms with Crippen molar-refractivity contribution in [1.82, 2.24) is 77.1 Å². The van der Waals surface area contributed by atoms with Crippen LogP contribution in [0.2, 0.25) is 0 Å². The van der Waals surface area contributed by atoms with Crippen LogP contribution in [0, 0.1) is 22.2 Å². The highest BCUT2D eigenvalue weighted by Gasteiger charge is 2.47. The van der Waals surface area contributed by atoms with Crippen LogP contribution in [0.1, 0.15) is 212 Å². The Hall–Kier alpha value is -8.69. The number of alkyl carbamates (subject to hydrolysis) is 8. The molecule has 131 heavy (non-hydrogen) atoms. The standard InChI is InChI=1S/C88H163N15O28/c1-82(2,3)128-78(114)93-41-33-49-99(16)45-28-23-37-89-74(110)124-61-87(14,62-125-75(111)90-38-24-29-46-100(17)50-34-42-94-79(115)129-83(4,5)6)72(108)122-59-86(13,71(107)119-54-32-22-21-27-53-103-55-66(97-98-103)58-121-70-69(118-20)68(106)67(105)65(56-104)57-120-70)60-123-73(109)88(15,63-126-76(112)91-39-25-30-47-101(18)51-35-43-95-80(116)130-84(7,8)9)64-127-77(113)92-40-26-31-48-102(19)52-36-44-96-81(117)131-85(10,11)12/h55,65,67-70,104-106H,21-54,56-64H2,1-20H3,(H,89,110)(H,90,111)(H,91,112)(H,92,113)(H,93,114)(H,94,115)(H,95,116)(H,96,117)/t65?,67-,68?,69?,70?/m1/s1. The number of aromatic nitrogens is 3. The molecule has 0 saturated carbocycles. The number of hydrogen-bond donors (Lipinski definition) is 11. The Morgan fingerprint density at radius 1 is 0.389 bits per heavy atom. The summed E-state index contributed by atoms with van der Waals surface area (Å²) < 4.78 is 80.2. The van der Waals surface area contributed by atoms with Crippen LogP contribution in [0.5, 0.6) is 0 Å². The molecule has 2 heterocycles. The first-order valence-electron chi connectivity index (χ1n) is 45.9. The summed E-state index contributed by atoms with van der Waals surface area (Å²) in [4.78, 5) is 155. The van der Waals surface area contributed by atoms with Crippen molar-refractivity contribution < 1.29 is 134 Å². The molecule has 1 aliphatic rings. The van der Waals surface area contributed by atoms with Crippen molar-refractivity contribution >= 4 is 66.7 Å². The van der Waals surface area contributed by atoms with E-state index in [1.54, 1.807) is 94.0 Å². The van der Waals surface area contributed by atoms with E-state index in [1.165, 1.54) is 27.9 Å². The number of methoxy groups -OCH3 is 1. The van der Waals surface area contributed by atoms with Crippen molar-refractivity contribution in [1.29, 1.82) is 0 Å². The predicted octanol–water partition coefficient (Wildman–Crippen LogP) is 7.12. The van der Waals surface area contributed by atoms with E-state index in [0.29, 0.717) is 194 Å². The molecule has 0 radical (unpaired) electrons. The van der Waals surface area contributed by atoms with Gasteiger partial charge in [0, 0.05) is 71.9 Å². The highest BCUT2D eigenvalue weighted by Crippen LogP contribution is 2.30. The first kappa shape index (κ1) is 118. The third-order valence-electron chi connectivity index (χ3n) is 20.0. The van der Waals surface area contributed by atoms with E-state index in [2.05, 4.69) is 72.4 Å². The maximum absolute atomic E-state index is 14.8. The molecule has 5 atom stereocenters. The average Bonchev–Trinajstić information content (AvgIpc) is 1.20. The van der Waals surface area contributed by atoms with Gasteiger partial charge in [-0.05, 0) is 281 Å². The summed E-state index contributed by atoms with van der Waals surface area (Å²) in [5.41, 5.74) is -8.05. The minimum Gasteiger partial charge on any atom is -0.465 e. The third-order valence-corrected chi connectivity index (χ3v) is 20.0. The fraction of sp³-hybridized carbons (Fsp3) is 0.852. The van der Waals surface area contributed by atoms with Crippen LogP contribution in [0.25, 0.3) is 0 Å². The van der Waals surface area contributed by atoms with Gasteiger partial charge in [0.15, 0.2) is 6.29 Å². The van der Waals surface area contributed by atoms with Gasteiger partial charge in [0.25, 0.3) is 0 Å². The molecule has 758 valence electrons. The maximum atomic E-state index is 14.8. The third kappa shape index (κ3) is 56.8. The number of nitrogens with one attached hydrogen (secondary N) is 8. The lowest BCUT2D eigenvalue weighted by Gasteiger charge is -2.32.